The number of ether oxygens (including phenoxy) is 1. The van der Waals surface area contributed by atoms with Crippen molar-refractivity contribution in [3.63, 3.8) is 0 Å². The smallest absolute Gasteiger partial charge is 0.308 e. The van der Waals surface area contributed by atoms with Crippen LogP contribution in [0.5, 0.6) is 11.5 Å². The van der Waals surface area contributed by atoms with Gasteiger partial charge in [-0.3, -0.25) is 9.59 Å². The summed E-state index contributed by atoms with van der Waals surface area (Å²) in [6, 6.07) is 8.14. The summed E-state index contributed by atoms with van der Waals surface area (Å²) in [6.07, 6.45) is 0. The first kappa shape index (κ1) is 12.1. The van der Waals surface area contributed by atoms with Gasteiger partial charge in [0.05, 0.1) is 5.56 Å². The number of rotatable bonds is 2. The number of esters is 1. The molecule has 2 rings (SSSR count). The molecule has 18 heavy (non-hydrogen) atoms. The van der Waals surface area contributed by atoms with Gasteiger partial charge in [-0.15, -0.1) is 0 Å². The quantitative estimate of drug-likeness (QED) is 0.501. The normalized spacial score (nSPS) is 10.3. The van der Waals surface area contributed by atoms with Gasteiger partial charge in [0.1, 0.15) is 11.5 Å². The highest BCUT2D eigenvalue weighted by molar-refractivity contribution is 6.09. The van der Waals surface area contributed by atoms with Gasteiger partial charge in [-0.05, 0) is 35.9 Å². The number of ketones is 1. The Bertz CT molecular complexity index is 644. The molecular weight excluding hydrogens is 232 g/mol. The number of hydrogen-bond donors (Lipinski definition) is 1. The number of Topliss-reactive ketones (excluding diaryl/α,β-unsaturated/α-hetero) is 1. The second-order valence-corrected chi connectivity index (χ2v) is 3.99. The Hall–Kier alpha value is -2.36. The summed E-state index contributed by atoms with van der Waals surface area (Å²) in [7, 11) is 0. The molecule has 92 valence electrons. The van der Waals surface area contributed by atoms with Gasteiger partial charge in [-0.1, -0.05) is 12.1 Å². The zero-order chi connectivity index (χ0) is 13.3. The molecule has 0 amide bonds. The average Bonchev–Trinajstić information content (AvgIpc) is 2.27. The maximum Gasteiger partial charge on any atom is 0.308 e. The fourth-order valence-electron chi connectivity index (χ4n) is 1.89. The topological polar surface area (TPSA) is 63.6 Å². The van der Waals surface area contributed by atoms with E-state index < -0.39 is 5.97 Å². The molecule has 4 heteroatoms. The standard InChI is InChI=1S/C14H12O4/c1-8(15)14-12-7-11(18-9(2)16)5-3-10(12)4-6-13(14)17/h3-7,17H,1-2H3. The summed E-state index contributed by atoms with van der Waals surface area (Å²) >= 11 is 0. The van der Waals surface area contributed by atoms with Crippen LogP contribution in [0.15, 0.2) is 30.3 Å². The molecule has 0 radical (unpaired) electrons. The van der Waals surface area contributed by atoms with Crippen LogP contribution in [0, 0.1) is 0 Å². The Morgan fingerprint density at radius 2 is 1.78 bits per heavy atom. The van der Waals surface area contributed by atoms with Crippen LogP contribution in [0.3, 0.4) is 0 Å². The Kier molecular flexibility index (Phi) is 3.02. The van der Waals surface area contributed by atoms with Crippen LogP contribution >= 0.6 is 0 Å². The molecule has 0 fully saturated rings. The van der Waals surface area contributed by atoms with Crippen LogP contribution in [0.25, 0.3) is 10.8 Å². The molecule has 0 aromatic heterocycles. The van der Waals surface area contributed by atoms with Crippen molar-refractivity contribution in [1.29, 1.82) is 0 Å². The molecule has 2 aromatic rings. The largest absolute Gasteiger partial charge is 0.507 e. The lowest BCUT2D eigenvalue weighted by molar-refractivity contribution is -0.131. The van der Waals surface area contributed by atoms with Gasteiger partial charge in [0, 0.05) is 6.92 Å². The molecule has 0 aliphatic heterocycles. The maximum atomic E-state index is 11.5. The predicted molar refractivity (Wildman–Crippen MR) is 66.9 cm³/mol. The van der Waals surface area contributed by atoms with Crippen LogP contribution in [0.1, 0.15) is 24.2 Å². The molecule has 0 saturated heterocycles. The van der Waals surface area contributed by atoms with Crippen molar-refractivity contribution in [3.05, 3.63) is 35.9 Å². The molecule has 0 bridgehead atoms. The lowest BCUT2D eigenvalue weighted by atomic mass is 10.0. The van der Waals surface area contributed by atoms with Crippen LogP contribution in [-0.4, -0.2) is 16.9 Å². The Morgan fingerprint density at radius 3 is 2.39 bits per heavy atom. The Morgan fingerprint density at radius 1 is 1.11 bits per heavy atom. The van der Waals surface area contributed by atoms with E-state index in [0.29, 0.717) is 11.1 Å². The number of hydrogen-bond acceptors (Lipinski definition) is 4. The minimum absolute atomic E-state index is 0.0741. The van der Waals surface area contributed by atoms with E-state index in [1.165, 1.54) is 19.9 Å². The zero-order valence-electron chi connectivity index (χ0n) is 10.1. The molecule has 0 aliphatic rings. The molecule has 0 unspecified atom stereocenters. The van der Waals surface area contributed by atoms with Crippen LogP contribution in [0.2, 0.25) is 0 Å². The number of carbonyl (C=O) groups excluding carboxylic acids is 2. The highest BCUT2D eigenvalue weighted by Crippen LogP contribution is 2.30. The second-order valence-electron chi connectivity index (χ2n) is 3.99. The summed E-state index contributed by atoms with van der Waals surface area (Å²) < 4.78 is 4.97. The van der Waals surface area contributed by atoms with E-state index in [9.17, 15) is 14.7 Å². The van der Waals surface area contributed by atoms with Gasteiger partial charge >= 0.3 is 5.97 Å². The van der Waals surface area contributed by atoms with Gasteiger partial charge < -0.3 is 9.84 Å². The lowest BCUT2D eigenvalue weighted by Gasteiger charge is -2.08. The van der Waals surface area contributed by atoms with E-state index in [1.807, 2.05) is 0 Å². The van der Waals surface area contributed by atoms with Crippen molar-refractivity contribution in [3.8, 4) is 11.5 Å². The molecule has 0 atom stereocenters. The first-order chi connectivity index (χ1) is 8.49. The molecule has 0 spiro atoms. The Labute approximate surface area is 104 Å². The summed E-state index contributed by atoms with van der Waals surface area (Å²) in [5.74, 6) is -0.393. The van der Waals surface area contributed by atoms with Crippen molar-refractivity contribution in [2.75, 3.05) is 0 Å². The van der Waals surface area contributed by atoms with Crippen molar-refractivity contribution < 1.29 is 19.4 Å². The second kappa shape index (κ2) is 4.49. The number of benzene rings is 2. The fraction of sp³-hybridized carbons (Fsp3) is 0.143. The van der Waals surface area contributed by atoms with Gasteiger partial charge in [0.2, 0.25) is 0 Å². The molecule has 0 aliphatic carbocycles. The average molecular weight is 244 g/mol. The van der Waals surface area contributed by atoms with Gasteiger partial charge in [-0.2, -0.15) is 0 Å². The third-order valence-electron chi connectivity index (χ3n) is 2.58. The number of phenols is 1. The van der Waals surface area contributed by atoms with Gasteiger partial charge in [0.15, 0.2) is 5.78 Å². The van der Waals surface area contributed by atoms with Gasteiger partial charge in [0.25, 0.3) is 0 Å². The monoisotopic (exact) mass is 244 g/mol. The first-order valence-electron chi connectivity index (χ1n) is 5.44. The van der Waals surface area contributed by atoms with E-state index in [2.05, 4.69) is 0 Å². The molecule has 1 N–H and O–H groups in total. The minimum atomic E-state index is -0.432. The summed E-state index contributed by atoms with van der Waals surface area (Å²) in [5.41, 5.74) is 0.238. The Balaban J connectivity index is 2.69. The van der Waals surface area contributed by atoms with E-state index in [4.69, 9.17) is 4.74 Å². The lowest BCUT2D eigenvalue weighted by Crippen LogP contribution is -2.01. The van der Waals surface area contributed by atoms with Crippen LogP contribution < -0.4 is 4.74 Å². The molecule has 0 heterocycles. The number of phenolic OH excluding ortho intramolecular Hbond substituents is 1. The van der Waals surface area contributed by atoms with Crippen LogP contribution in [-0.2, 0) is 4.79 Å². The van der Waals surface area contributed by atoms with Crippen molar-refractivity contribution in [2.45, 2.75) is 13.8 Å². The van der Waals surface area contributed by atoms with E-state index >= 15 is 0 Å². The minimum Gasteiger partial charge on any atom is -0.507 e. The molecular formula is C14H12O4. The van der Waals surface area contributed by atoms with E-state index in [1.54, 1.807) is 24.3 Å². The first-order valence-corrected chi connectivity index (χ1v) is 5.44. The highest BCUT2D eigenvalue weighted by Gasteiger charge is 2.12. The van der Waals surface area contributed by atoms with Crippen molar-refractivity contribution >= 4 is 22.5 Å². The van der Waals surface area contributed by atoms with Crippen molar-refractivity contribution in [1.82, 2.24) is 0 Å². The third-order valence-corrected chi connectivity index (χ3v) is 2.58. The van der Waals surface area contributed by atoms with Crippen LogP contribution in [0.4, 0.5) is 0 Å². The number of aromatic hydroxyl groups is 1. The zero-order valence-corrected chi connectivity index (χ0v) is 10.1. The van der Waals surface area contributed by atoms with Crippen molar-refractivity contribution in [2.24, 2.45) is 0 Å². The molecule has 2 aromatic carbocycles. The summed E-state index contributed by atoms with van der Waals surface area (Å²) in [4.78, 5) is 22.4. The molecule has 0 saturated carbocycles. The fourth-order valence-corrected chi connectivity index (χ4v) is 1.89. The molecule has 4 nitrogen and oxygen atoms in total. The summed E-state index contributed by atoms with van der Waals surface area (Å²) in [5, 5.41) is 11.1. The van der Waals surface area contributed by atoms with Gasteiger partial charge in [-0.25, -0.2) is 0 Å². The van der Waals surface area contributed by atoms with E-state index in [0.717, 1.165) is 5.39 Å². The number of fused-ring (bicyclic) bond motifs is 1. The summed E-state index contributed by atoms with van der Waals surface area (Å²) in [6.45, 7) is 2.69. The predicted octanol–water partition coefficient (Wildman–Crippen LogP) is 2.67. The third kappa shape index (κ3) is 2.18. The maximum absolute atomic E-state index is 11.5. The highest BCUT2D eigenvalue weighted by atomic mass is 16.5. The number of carbonyl (C=O) groups is 2. The van der Waals surface area contributed by atoms with E-state index in [-0.39, 0.29) is 17.1 Å². The SMILES string of the molecule is CC(=O)Oc1ccc2ccc(O)c(C(C)=O)c2c1.